The minimum absolute atomic E-state index is 0.0371. The van der Waals surface area contributed by atoms with Crippen molar-refractivity contribution in [2.45, 2.75) is 251 Å². The van der Waals surface area contributed by atoms with E-state index in [1.807, 2.05) is 0 Å². The first kappa shape index (κ1) is 46.1. The third-order valence-electron chi connectivity index (χ3n) is 10.0. The van der Waals surface area contributed by atoms with E-state index in [9.17, 15) is 15.0 Å². The number of unbranched alkanes of at least 4 members (excludes halogenated alkanes) is 30. The van der Waals surface area contributed by atoms with E-state index in [4.69, 9.17) is 0 Å². The van der Waals surface area contributed by atoms with Gasteiger partial charge in [-0.2, -0.15) is 0 Å². The van der Waals surface area contributed by atoms with Crippen LogP contribution in [0.25, 0.3) is 0 Å². The molecule has 0 bridgehead atoms. The highest BCUT2D eigenvalue weighted by Crippen LogP contribution is 2.16. The second kappa shape index (κ2) is 39.6. The van der Waals surface area contributed by atoms with Crippen molar-refractivity contribution in [3.8, 4) is 0 Å². The molecule has 4 nitrogen and oxygen atoms in total. The maximum absolute atomic E-state index is 12.4. The number of aliphatic hydroxyl groups is 2. The van der Waals surface area contributed by atoms with Gasteiger partial charge in [-0.05, 0) is 38.5 Å². The summed E-state index contributed by atoms with van der Waals surface area (Å²) in [5, 5.41) is 23.1. The number of carbonyl (C=O) groups is 1. The normalized spacial score (nSPS) is 13.0. The number of hydrogen-bond acceptors (Lipinski definition) is 3. The summed E-state index contributed by atoms with van der Waals surface area (Å²) in [6.45, 7) is 4.36. The topological polar surface area (TPSA) is 69.6 Å². The lowest BCUT2D eigenvalue weighted by Gasteiger charge is -2.22. The van der Waals surface area contributed by atoms with Crippen molar-refractivity contribution in [2.24, 2.45) is 0 Å². The molecule has 0 saturated heterocycles. The number of aliphatic hydroxyl groups excluding tert-OH is 2. The summed E-state index contributed by atoms with van der Waals surface area (Å²) in [5.41, 5.74) is 0. The average Bonchev–Trinajstić information content (AvgIpc) is 3.07. The van der Waals surface area contributed by atoms with Gasteiger partial charge in [-0.1, -0.05) is 206 Å². The molecular weight excluding hydrogens is 578 g/mol. The molecule has 0 unspecified atom stereocenters. The van der Waals surface area contributed by atoms with Gasteiger partial charge in [-0.3, -0.25) is 4.79 Å². The zero-order chi connectivity index (χ0) is 34.3. The molecule has 0 aliphatic rings. The molecular formula is C43H85NO3. The van der Waals surface area contributed by atoms with Crippen LogP contribution in [0.4, 0.5) is 0 Å². The Hall–Kier alpha value is -0.870. The van der Waals surface area contributed by atoms with Gasteiger partial charge >= 0.3 is 0 Å². The van der Waals surface area contributed by atoms with Crippen molar-refractivity contribution >= 4 is 5.91 Å². The van der Waals surface area contributed by atoms with Crippen LogP contribution in [-0.2, 0) is 4.79 Å². The molecule has 0 aromatic heterocycles. The largest absolute Gasteiger partial charge is 0.394 e. The van der Waals surface area contributed by atoms with E-state index in [1.165, 1.54) is 180 Å². The Balaban J connectivity index is 3.51. The first-order valence-electron chi connectivity index (χ1n) is 21.4. The van der Waals surface area contributed by atoms with Gasteiger partial charge < -0.3 is 15.5 Å². The minimum Gasteiger partial charge on any atom is -0.394 e. The SMILES string of the molecule is CCCCCCCCCCC/C=C/CCCC[C@@H](O)[C@H](CO)NC(=O)CCCCCCCCCCCCCCCCCCCCCC. The molecule has 47 heavy (non-hydrogen) atoms. The maximum atomic E-state index is 12.4. The molecule has 0 aromatic rings. The fraction of sp³-hybridized carbons (Fsp3) is 0.930. The number of carbonyl (C=O) groups excluding carboxylic acids is 1. The maximum Gasteiger partial charge on any atom is 0.220 e. The van der Waals surface area contributed by atoms with Gasteiger partial charge in [0.15, 0.2) is 0 Å². The molecule has 0 aliphatic carbocycles. The Labute approximate surface area is 295 Å². The molecule has 4 heteroatoms. The number of rotatable bonds is 39. The summed E-state index contributed by atoms with van der Waals surface area (Å²) < 4.78 is 0. The van der Waals surface area contributed by atoms with E-state index in [0.717, 1.165) is 32.1 Å². The van der Waals surface area contributed by atoms with Gasteiger partial charge in [-0.25, -0.2) is 0 Å². The third kappa shape index (κ3) is 36.2. The summed E-state index contributed by atoms with van der Waals surface area (Å²) >= 11 is 0. The van der Waals surface area contributed by atoms with Crippen LogP contribution < -0.4 is 5.32 Å². The van der Waals surface area contributed by atoms with E-state index in [0.29, 0.717) is 12.8 Å². The Kier molecular flexibility index (Phi) is 38.8. The van der Waals surface area contributed by atoms with Crippen molar-refractivity contribution in [2.75, 3.05) is 6.61 Å². The molecule has 0 heterocycles. The van der Waals surface area contributed by atoms with E-state index in [1.54, 1.807) is 0 Å². The van der Waals surface area contributed by atoms with E-state index >= 15 is 0 Å². The lowest BCUT2D eigenvalue weighted by molar-refractivity contribution is -0.123. The molecule has 3 N–H and O–H groups in total. The van der Waals surface area contributed by atoms with Crippen molar-refractivity contribution < 1.29 is 15.0 Å². The smallest absolute Gasteiger partial charge is 0.220 e. The second-order valence-corrected chi connectivity index (χ2v) is 14.8. The summed E-state index contributed by atoms with van der Waals surface area (Å²) in [6.07, 6.45) is 48.6. The van der Waals surface area contributed by atoms with E-state index in [2.05, 4.69) is 31.3 Å². The van der Waals surface area contributed by atoms with Crippen LogP contribution in [0.3, 0.4) is 0 Å². The predicted octanol–water partition coefficient (Wildman–Crippen LogP) is 13.1. The lowest BCUT2D eigenvalue weighted by atomic mass is 10.0. The average molecular weight is 664 g/mol. The first-order valence-corrected chi connectivity index (χ1v) is 21.4. The number of allylic oxidation sites excluding steroid dienone is 2. The van der Waals surface area contributed by atoms with Gasteiger partial charge in [-0.15, -0.1) is 0 Å². The van der Waals surface area contributed by atoms with E-state index in [-0.39, 0.29) is 12.5 Å². The molecule has 0 saturated carbocycles. The quantitative estimate of drug-likeness (QED) is 0.0453. The molecule has 0 rings (SSSR count). The zero-order valence-corrected chi connectivity index (χ0v) is 32.1. The van der Waals surface area contributed by atoms with Crippen molar-refractivity contribution in [1.82, 2.24) is 5.32 Å². The molecule has 0 spiro atoms. The Morgan fingerprint density at radius 2 is 0.809 bits per heavy atom. The minimum atomic E-state index is -0.676. The highest BCUT2D eigenvalue weighted by atomic mass is 16.3. The van der Waals surface area contributed by atoms with Crippen molar-refractivity contribution in [3.05, 3.63) is 12.2 Å². The number of amides is 1. The summed E-state index contributed by atoms with van der Waals surface area (Å²) in [5.74, 6) is -0.0371. The molecule has 1 amide bonds. The van der Waals surface area contributed by atoms with Crippen LogP contribution in [-0.4, -0.2) is 34.9 Å². The van der Waals surface area contributed by atoms with Gasteiger partial charge in [0.25, 0.3) is 0 Å². The molecule has 0 radical (unpaired) electrons. The standard InChI is InChI=1S/C43H85NO3/c1-3-5-7-9-11-13-15-17-19-20-21-22-23-25-27-29-31-33-35-37-39-43(47)44-41(40-45)42(46)38-36-34-32-30-28-26-24-18-16-14-12-10-8-6-4-2/h28,30,41-42,45-46H,3-27,29,31-40H2,1-2H3,(H,44,47)/b30-28+/t41-,42+/m0/s1. The Morgan fingerprint density at radius 1 is 0.489 bits per heavy atom. The number of hydrogen-bond donors (Lipinski definition) is 3. The van der Waals surface area contributed by atoms with Gasteiger partial charge in [0.2, 0.25) is 5.91 Å². The molecule has 2 atom stereocenters. The highest BCUT2D eigenvalue weighted by Gasteiger charge is 2.19. The van der Waals surface area contributed by atoms with Gasteiger partial charge in [0, 0.05) is 6.42 Å². The van der Waals surface area contributed by atoms with Crippen LogP contribution in [0.5, 0.6) is 0 Å². The third-order valence-corrected chi connectivity index (χ3v) is 10.0. The fourth-order valence-electron chi connectivity index (χ4n) is 6.71. The summed E-state index contributed by atoms with van der Waals surface area (Å²) in [6, 6.07) is -0.546. The molecule has 0 fully saturated rings. The van der Waals surface area contributed by atoms with Crippen LogP contribution in [0, 0.1) is 0 Å². The molecule has 280 valence electrons. The zero-order valence-electron chi connectivity index (χ0n) is 32.1. The Morgan fingerprint density at radius 3 is 1.17 bits per heavy atom. The highest BCUT2D eigenvalue weighted by molar-refractivity contribution is 5.76. The van der Waals surface area contributed by atoms with E-state index < -0.39 is 12.1 Å². The van der Waals surface area contributed by atoms with Crippen LogP contribution >= 0.6 is 0 Å². The first-order chi connectivity index (χ1) is 23.2. The Bertz CT molecular complexity index is 637. The molecule has 0 aliphatic heterocycles. The van der Waals surface area contributed by atoms with Crippen LogP contribution in [0.2, 0.25) is 0 Å². The van der Waals surface area contributed by atoms with Gasteiger partial charge in [0.05, 0.1) is 18.8 Å². The van der Waals surface area contributed by atoms with Crippen LogP contribution in [0.15, 0.2) is 12.2 Å². The van der Waals surface area contributed by atoms with Gasteiger partial charge in [0.1, 0.15) is 0 Å². The second-order valence-electron chi connectivity index (χ2n) is 14.8. The monoisotopic (exact) mass is 664 g/mol. The fourth-order valence-corrected chi connectivity index (χ4v) is 6.71. The molecule has 0 aromatic carbocycles. The van der Waals surface area contributed by atoms with Crippen molar-refractivity contribution in [3.63, 3.8) is 0 Å². The predicted molar refractivity (Wildman–Crippen MR) is 207 cm³/mol. The van der Waals surface area contributed by atoms with Crippen LogP contribution in [0.1, 0.15) is 239 Å². The summed E-state index contributed by atoms with van der Waals surface area (Å²) in [4.78, 5) is 12.4. The van der Waals surface area contributed by atoms with Crippen molar-refractivity contribution in [1.29, 1.82) is 0 Å². The number of nitrogens with one attached hydrogen (secondary N) is 1. The summed E-state index contributed by atoms with van der Waals surface area (Å²) in [7, 11) is 0. The lowest BCUT2D eigenvalue weighted by Crippen LogP contribution is -2.45.